The highest BCUT2D eigenvalue weighted by molar-refractivity contribution is 7.16. The molecule has 0 radical (unpaired) electrons. The first-order chi connectivity index (χ1) is 11.8. The van der Waals surface area contributed by atoms with Crippen LogP contribution in [-0.2, 0) is 0 Å². The van der Waals surface area contributed by atoms with Crippen molar-refractivity contribution in [1.82, 2.24) is 10.2 Å². The number of rotatable bonds is 4. The number of hydrogen-bond donors (Lipinski definition) is 1. The number of hydrogen-bond acceptors (Lipinski definition) is 4. The van der Waals surface area contributed by atoms with Crippen molar-refractivity contribution >= 4 is 35.3 Å². The van der Waals surface area contributed by atoms with Gasteiger partial charge in [0.05, 0.1) is 10.4 Å². The van der Waals surface area contributed by atoms with E-state index < -0.39 is 17.9 Å². The summed E-state index contributed by atoms with van der Waals surface area (Å²) in [4.78, 5) is 3.06. The predicted molar refractivity (Wildman–Crippen MR) is 95.9 cm³/mol. The minimum atomic E-state index is -4.93. The third kappa shape index (κ3) is 5.23. The van der Waals surface area contributed by atoms with Gasteiger partial charge in [-0.25, -0.2) is 4.39 Å². The van der Waals surface area contributed by atoms with Crippen LogP contribution in [0.3, 0.4) is 0 Å². The molecule has 3 nitrogen and oxygen atoms in total. The zero-order chi connectivity index (χ0) is 18.0. The maximum atomic E-state index is 14.2. The van der Waals surface area contributed by atoms with E-state index >= 15 is 0 Å². The number of ether oxygens (including phenoxy) is 1. The quantitative estimate of drug-likeness (QED) is 0.701. The largest absolute Gasteiger partial charge is 0.573 e. The predicted octanol–water partition coefficient (Wildman–Crippen LogP) is 4.86. The summed E-state index contributed by atoms with van der Waals surface area (Å²) in [6.07, 6.45) is -4.93. The summed E-state index contributed by atoms with van der Waals surface area (Å²) in [5.74, 6) is -1.88. The third-order valence-corrected chi connectivity index (χ3v) is 5.16. The Kier molecular flexibility index (Phi) is 7.15. The standard InChI is InChI=1S/C16H15ClF4N2OS.ClH/c17-14-4-3-13(25-14)15(23-7-5-22-6-8-23)10-1-2-12(11(18)9-10)24-16(19,20)21;/h1-4,9,15,22H,5-8H2;1H/t15-;/m0./s1. The minimum absolute atomic E-state index is 0. The fraction of sp³-hybridized carbons (Fsp3) is 0.375. The van der Waals surface area contributed by atoms with E-state index in [4.69, 9.17) is 11.6 Å². The monoisotopic (exact) mass is 430 g/mol. The Balaban J connectivity index is 0.00000243. The number of nitrogens with zero attached hydrogens (tertiary/aromatic N) is 1. The van der Waals surface area contributed by atoms with Gasteiger partial charge in [0.15, 0.2) is 11.6 Å². The summed E-state index contributed by atoms with van der Waals surface area (Å²) in [5, 5.41) is 3.24. The van der Waals surface area contributed by atoms with Crippen molar-refractivity contribution in [3.63, 3.8) is 0 Å². The molecule has 144 valence electrons. The topological polar surface area (TPSA) is 24.5 Å². The van der Waals surface area contributed by atoms with E-state index in [-0.39, 0.29) is 18.4 Å². The molecule has 1 saturated heterocycles. The van der Waals surface area contributed by atoms with Crippen molar-refractivity contribution in [3.8, 4) is 5.75 Å². The third-order valence-electron chi connectivity index (χ3n) is 3.88. The molecule has 1 aromatic heterocycles. The maximum absolute atomic E-state index is 14.2. The lowest BCUT2D eigenvalue weighted by molar-refractivity contribution is -0.275. The second-order valence-electron chi connectivity index (χ2n) is 5.57. The molecule has 10 heteroatoms. The molecule has 0 amide bonds. The van der Waals surface area contributed by atoms with E-state index in [0.29, 0.717) is 9.90 Å². The Morgan fingerprint density at radius 3 is 2.38 bits per heavy atom. The first-order valence-corrected chi connectivity index (χ1v) is 8.78. The zero-order valence-corrected chi connectivity index (χ0v) is 15.7. The van der Waals surface area contributed by atoms with Crippen LogP contribution < -0.4 is 10.1 Å². The Labute approximate surface area is 163 Å². The van der Waals surface area contributed by atoms with Gasteiger partial charge in [0.25, 0.3) is 0 Å². The Bertz CT molecular complexity index is 735. The van der Waals surface area contributed by atoms with Crippen LogP contribution in [-0.4, -0.2) is 37.4 Å². The molecule has 0 saturated carbocycles. The van der Waals surface area contributed by atoms with Gasteiger partial charge < -0.3 is 10.1 Å². The number of nitrogens with one attached hydrogen (secondary N) is 1. The van der Waals surface area contributed by atoms with Crippen LogP contribution in [0, 0.1) is 5.82 Å². The van der Waals surface area contributed by atoms with Gasteiger partial charge in [-0.2, -0.15) is 0 Å². The number of alkyl halides is 3. The van der Waals surface area contributed by atoms with Crippen LogP contribution >= 0.6 is 35.3 Å². The molecule has 3 rings (SSSR count). The average molecular weight is 431 g/mol. The molecule has 1 fully saturated rings. The number of benzene rings is 1. The van der Waals surface area contributed by atoms with Crippen molar-refractivity contribution in [2.45, 2.75) is 12.4 Å². The first-order valence-electron chi connectivity index (χ1n) is 7.59. The van der Waals surface area contributed by atoms with Crippen LogP contribution in [0.2, 0.25) is 4.34 Å². The SMILES string of the molecule is Cl.Fc1cc([C@@H](c2ccc(Cl)s2)N2CCNCC2)ccc1OC(F)(F)F. The molecule has 1 aromatic carbocycles. The highest BCUT2D eigenvalue weighted by atomic mass is 35.5. The minimum Gasteiger partial charge on any atom is -0.403 e. The van der Waals surface area contributed by atoms with E-state index in [9.17, 15) is 17.6 Å². The van der Waals surface area contributed by atoms with Crippen molar-refractivity contribution in [2.75, 3.05) is 26.2 Å². The first kappa shape index (κ1) is 21.2. The molecular formula is C16H16Cl2F4N2OS. The van der Waals surface area contributed by atoms with Crippen molar-refractivity contribution in [3.05, 3.63) is 50.9 Å². The molecule has 0 spiro atoms. The summed E-state index contributed by atoms with van der Waals surface area (Å²) >= 11 is 7.40. The second-order valence-corrected chi connectivity index (χ2v) is 7.31. The fourth-order valence-electron chi connectivity index (χ4n) is 2.87. The van der Waals surface area contributed by atoms with Crippen LogP contribution in [0.15, 0.2) is 30.3 Å². The Morgan fingerprint density at radius 2 is 1.85 bits per heavy atom. The van der Waals surface area contributed by atoms with Gasteiger partial charge in [0.1, 0.15) is 0 Å². The van der Waals surface area contributed by atoms with E-state index in [2.05, 4.69) is 15.0 Å². The Morgan fingerprint density at radius 1 is 1.15 bits per heavy atom. The van der Waals surface area contributed by atoms with Crippen molar-refractivity contribution < 1.29 is 22.3 Å². The van der Waals surface area contributed by atoms with E-state index in [1.807, 2.05) is 6.07 Å². The molecule has 1 aliphatic rings. The lowest BCUT2D eigenvalue weighted by Gasteiger charge is -2.34. The molecule has 0 aliphatic carbocycles. The van der Waals surface area contributed by atoms with Gasteiger partial charge >= 0.3 is 6.36 Å². The highest BCUT2D eigenvalue weighted by Gasteiger charge is 2.33. The number of thiophene rings is 1. The van der Waals surface area contributed by atoms with Gasteiger partial charge in [-0.1, -0.05) is 17.7 Å². The van der Waals surface area contributed by atoms with Gasteiger partial charge in [-0.15, -0.1) is 36.9 Å². The summed E-state index contributed by atoms with van der Waals surface area (Å²) in [5.41, 5.74) is 0.562. The van der Waals surface area contributed by atoms with Crippen molar-refractivity contribution in [2.24, 2.45) is 0 Å². The van der Waals surface area contributed by atoms with E-state index in [0.717, 1.165) is 43.2 Å². The smallest absolute Gasteiger partial charge is 0.403 e. The average Bonchev–Trinajstić information content (AvgIpc) is 2.96. The van der Waals surface area contributed by atoms with Gasteiger partial charge in [0.2, 0.25) is 0 Å². The lowest BCUT2D eigenvalue weighted by Crippen LogP contribution is -2.45. The van der Waals surface area contributed by atoms with Crippen LogP contribution in [0.1, 0.15) is 16.5 Å². The molecule has 1 atom stereocenters. The van der Waals surface area contributed by atoms with E-state index in [1.165, 1.54) is 17.4 Å². The molecule has 0 unspecified atom stereocenters. The van der Waals surface area contributed by atoms with Gasteiger partial charge in [0, 0.05) is 31.1 Å². The molecule has 2 heterocycles. The van der Waals surface area contributed by atoms with Crippen LogP contribution in [0.4, 0.5) is 17.6 Å². The van der Waals surface area contributed by atoms with Gasteiger partial charge in [-0.3, -0.25) is 4.90 Å². The normalized spacial score (nSPS) is 16.8. The van der Waals surface area contributed by atoms with Crippen molar-refractivity contribution in [1.29, 1.82) is 0 Å². The number of halogens is 6. The molecule has 0 bridgehead atoms. The zero-order valence-electron chi connectivity index (χ0n) is 13.4. The second kappa shape index (κ2) is 8.75. The Hall–Kier alpha value is -1.06. The maximum Gasteiger partial charge on any atom is 0.573 e. The summed E-state index contributed by atoms with van der Waals surface area (Å²) in [6.45, 7) is 3.05. The highest BCUT2D eigenvalue weighted by Crippen LogP contribution is 2.37. The summed E-state index contributed by atoms with van der Waals surface area (Å²) in [7, 11) is 0. The molecule has 1 N–H and O–H groups in total. The lowest BCUT2D eigenvalue weighted by atomic mass is 10.0. The molecule has 1 aliphatic heterocycles. The molecular weight excluding hydrogens is 415 g/mol. The molecule has 2 aromatic rings. The fourth-order valence-corrected chi connectivity index (χ4v) is 4.09. The van der Waals surface area contributed by atoms with Crippen LogP contribution in [0.25, 0.3) is 0 Å². The summed E-state index contributed by atoms with van der Waals surface area (Å²) in [6, 6.07) is 6.93. The van der Waals surface area contributed by atoms with Gasteiger partial charge in [-0.05, 0) is 29.8 Å². The summed E-state index contributed by atoms with van der Waals surface area (Å²) < 4.78 is 55.4. The van der Waals surface area contributed by atoms with Crippen LogP contribution in [0.5, 0.6) is 5.75 Å². The van der Waals surface area contributed by atoms with E-state index in [1.54, 1.807) is 6.07 Å². The number of piperazine rings is 1. The molecule has 26 heavy (non-hydrogen) atoms.